The van der Waals surface area contributed by atoms with Gasteiger partial charge >= 0.3 is 291 Å². The van der Waals surface area contributed by atoms with Crippen LogP contribution in [0, 0.1) is 14.2 Å². The van der Waals surface area contributed by atoms with Crippen LogP contribution in [0.15, 0.2) is 17.4 Å². The van der Waals surface area contributed by atoms with Gasteiger partial charge in [0, 0.05) is 6.08 Å². The van der Waals surface area contributed by atoms with E-state index >= 15 is 0 Å². The van der Waals surface area contributed by atoms with Crippen LogP contribution in [0.5, 0.6) is 0 Å². The van der Waals surface area contributed by atoms with Gasteiger partial charge in [0.05, 0.1) is 19.2 Å². The summed E-state index contributed by atoms with van der Waals surface area (Å²) in [4.78, 5) is 0. The molecule has 1 rings (SSSR count). The van der Waals surface area contributed by atoms with E-state index < -0.39 is 0 Å². The molecule has 0 saturated heterocycles. The first-order valence-electron chi connectivity index (χ1n) is 1.94. The van der Waals surface area contributed by atoms with Gasteiger partial charge in [-0.1, -0.05) is 0 Å². The quantitative estimate of drug-likeness (QED) is 0.251. The predicted molar refractivity (Wildman–Crippen MR) is 30.4 cm³/mol. The van der Waals surface area contributed by atoms with Crippen LogP contribution in [0.4, 0.5) is 4.39 Å². The van der Waals surface area contributed by atoms with E-state index in [0.717, 1.165) is 0 Å². The maximum atomic E-state index is 11.4. The standard InChI is InChI=1S/C4H5FN2.CH3.5Rb/c5-4-7-3-1-2-6-7;;;;;;/h1-4,7H;1H3;;;;;/q;-1;5*+1. The molecule has 46 valence electrons. The molecule has 0 radical (unpaired) electrons. The number of hydrogen-bond donors (Lipinski definition) is 1. The SMILES string of the molecule is F[CH-][NH+]1C=CC=N1.[CH3-].[Rb+].[Rb+].[Rb+].[Rb+].[Rb+]. The van der Waals surface area contributed by atoms with Crippen LogP contribution in [0.2, 0.25) is 0 Å². The maximum Gasteiger partial charge on any atom is 1.00 e. The van der Waals surface area contributed by atoms with Crippen molar-refractivity contribution in [1.29, 1.82) is 0 Å². The van der Waals surface area contributed by atoms with Gasteiger partial charge in [-0.15, -0.1) is 5.10 Å². The molecule has 2 nitrogen and oxygen atoms in total. The summed E-state index contributed by atoms with van der Waals surface area (Å²) in [5, 5.41) is 3.99. The largest absolute Gasteiger partial charge is 1.00 e. The van der Waals surface area contributed by atoms with E-state index in [0.29, 0.717) is 11.8 Å². The molecule has 1 aliphatic heterocycles. The van der Waals surface area contributed by atoms with Gasteiger partial charge in [-0.3, -0.25) is 5.01 Å². The molecule has 0 saturated carbocycles. The molecule has 1 aliphatic rings. The van der Waals surface area contributed by atoms with Crippen LogP contribution in [-0.2, 0) is 0 Å². The number of nitrogens with zero attached hydrogens (tertiary/aromatic N) is 1. The molecule has 0 amide bonds. The second-order valence-electron chi connectivity index (χ2n) is 1.17. The fourth-order valence-electron chi connectivity index (χ4n) is 0.378. The number of nitrogens with one attached hydrogen (secondary N) is 1. The first kappa shape index (κ1) is 37.5. The zero-order valence-corrected chi connectivity index (χ0v) is 34.2. The van der Waals surface area contributed by atoms with Crippen molar-refractivity contribution in [3.8, 4) is 0 Å². The summed E-state index contributed by atoms with van der Waals surface area (Å²) in [7, 11) is 0. The van der Waals surface area contributed by atoms with Crippen molar-refractivity contribution in [2.45, 2.75) is 0 Å². The normalized spacial score (nSPS) is 14.4. The van der Waals surface area contributed by atoms with Crippen LogP contribution < -0.4 is 296 Å². The third kappa shape index (κ3) is 22.7. The molecule has 0 aliphatic carbocycles. The maximum absolute atomic E-state index is 11.4. The van der Waals surface area contributed by atoms with Gasteiger partial charge in [-0.2, -0.15) is 0 Å². The molecule has 1 heterocycles. The summed E-state index contributed by atoms with van der Waals surface area (Å²) < 4.78 is 11.4. The Bertz CT molecular complexity index is 109. The Morgan fingerprint density at radius 1 is 1.08 bits per heavy atom. The van der Waals surface area contributed by atoms with Gasteiger partial charge in [0.2, 0.25) is 0 Å². The Labute approximate surface area is 325 Å². The van der Waals surface area contributed by atoms with E-state index in [-0.39, 0.29) is 298 Å². The van der Waals surface area contributed by atoms with Crippen LogP contribution in [0.3, 0.4) is 0 Å². The molecule has 0 aromatic carbocycles. The monoisotopic (exact) mass is 540 g/mol. The Morgan fingerprint density at radius 3 is 1.69 bits per heavy atom. The number of allylic oxidation sites excluding steroid dienone is 1. The molecule has 13 heavy (non-hydrogen) atoms. The second kappa shape index (κ2) is 28.5. The molecule has 0 spiro atoms. The van der Waals surface area contributed by atoms with Gasteiger partial charge in [0.25, 0.3) is 0 Å². The molecule has 1 N–H and O–H groups in total. The summed E-state index contributed by atoms with van der Waals surface area (Å²) in [6.07, 6.45) is 4.83. The van der Waals surface area contributed by atoms with Gasteiger partial charge in [-0.25, -0.2) is 0 Å². The average Bonchev–Trinajstić information content (AvgIpc) is 2.14. The fourth-order valence-corrected chi connectivity index (χ4v) is 0.378. The minimum atomic E-state index is 0. The van der Waals surface area contributed by atoms with Gasteiger partial charge < -0.3 is 11.8 Å². The van der Waals surface area contributed by atoms with Gasteiger partial charge in [0.1, 0.15) is 0 Å². The van der Waals surface area contributed by atoms with E-state index in [4.69, 9.17) is 0 Å². The molecule has 1 atom stereocenters. The summed E-state index contributed by atoms with van der Waals surface area (Å²) >= 11 is 0. The summed E-state index contributed by atoms with van der Waals surface area (Å²) in [5.74, 6) is 0. The van der Waals surface area contributed by atoms with Crippen molar-refractivity contribution in [3.63, 3.8) is 0 Å². The summed E-state index contributed by atoms with van der Waals surface area (Å²) in [5.41, 5.74) is 0. The number of quaternary nitrogens is 1. The third-order valence-corrected chi connectivity index (χ3v) is 0.688. The van der Waals surface area contributed by atoms with E-state index in [1.165, 1.54) is 0 Å². The third-order valence-electron chi connectivity index (χ3n) is 0.688. The smallest absolute Gasteiger partial charge is 0.390 e. The van der Waals surface area contributed by atoms with Crippen molar-refractivity contribution < 1.29 is 300 Å². The van der Waals surface area contributed by atoms with E-state index in [2.05, 4.69) is 5.10 Å². The van der Waals surface area contributed by atoms with Crippen molar-refractivity contribution in [2.75, 3.05) is 0 Å². The van der Waals surface area contributed by atoms with Crippen LogP contribution in [0.25, 0.3) is 0 Å². The van der Waals surface area contributed by atoms with Crippen molar-refractivity contribution >= 4 is 6.21 Å². The van der Waals surface area contributed by atoms with Crippen molar-refractivity contribution in [3.05, 3.63) is 26.5 Å². The van der Waals surface area contributed by atoms with E-state index in [1.54, 1.807) is 18.5 Å². The van der Waals surface area contributed by atoms with Crippen LogP contribution in [0.1, 0.15) is 0 Å². The zero-order chi connectivity index (χ0) is 5.11. The Morgan fingerprint density at radius 2 is 1.54 bits per heavy atom. The molecule has 0 aromatic rings. The first-order valence-corrected chi connectivity index (χ1v) is 1.94. The fraction of sp³-hybridized carbons (Fsp3) is 0. The number of halogens is 1. The minimum Gasteiger partial charge on any atom is -0.390 e. The molecule has 1 unspecified atom stereocenters. The zero-order valence-electron chi connectivity index (χ0n) is 9.63. The Balaban J connectivity index is -0.0000000204. The van der Waals surface area contributed by atoms with Gasteiger partial charge in [-0.05, 0) is 0 Å². The van der Waals surface area contributed by atoms with Crippen LogP contribution in [-0.4, -0.2) is 6.21 Å². The summed E-state index contributed by atoms with van der Waals surface area (Å²) in [6.45, 7) is 0.472. The minimum absolute atomic E-state index is 0. The second-order valence-corrected chi connectivity index (χ2v) is 1.17. The van der Waals surface area contributed by atoms with E-state index in [9.17, 15) is 4.39 Å². The van der Waals surface area contributed by atoms with Crippen molar-refractivity contribution in [2.24, 2.45) is 5.10 Å². The topological polar surface area (TPSA) is 16.8 Å². The molecular formula is C5H8FN2Rb5+4. The van der Waals surface area contributed by atoms with Crippen molar-refractivity contribution in [1.82, 2.24) is 0 Å². The molecule has 0 fully saturated rings. The first-order chi connectivity index (χ1) is 3.43. The van der Waals surface area contributed by atoms with Crippen LogP contribution >= 0.6 is 0 Å². The van der Waals surface area contributed by atoms with Gasteiger partial charge in [0.15, 0.2) is 0 Å². The number of hydrogen-bond acceptors (Lipinski definition) is 1. The van der Waals surface area contributed by atoms with E-state index in [1.807, 2.05) is 0 Å². The Kier molecular flexibility index (Phi) is 82.2. The predicted octanol–water partition coefficient (Wildman–Crippen LogP) is -15.1. The molecular weight excluding hydrogens is 534 g/mol. The Hall–Kier alpha value is 8.33. The molecule has 0 aromatic heterocycles. The average molecular weight is 542 g/mol. The summed E-state index contributed by atoms with van der Waals surface area (Å²) in [6, 6.07) is 0. The molecule has 0 bridgehead atoms. The number of rotatable bonds is 1. The molecule has 8 heteroatoms.